The minimum Gasteiger partial charge on any atom is -0.372 e. The lowest BCUT2D eigenvalue weighted by Gasteiger charge is -2.07. The summed E-state index contributed by atoms with van der Waals surface area (Å²) in [5.74, 6) is 1.38. The molecule has 5 heteroatoms. The summed E-state index contributed by atoms with van der Waals surface area (Å²) < 4.78 is 0. The SMILES string of the molecule is CC.[B]c1ccc2c(NC)nc(NC)nc2c1. The van der Waals surface area contributed by atoms with Gasteiger partial charge in [0, 0.05) is 19.5 Å². The first-order valence-corrected chi connectivity index (χ1v) is 5.67. The molecule has 0 aliphatic carbocycles. The summed E-state index contributed by atoms with van der Waals surface area (Å²) in [7, 11) is 9.32. The van der Waals surface area contributed by atoms with Crippen LogP contribution in [0.5, 0.6) is 0 Å². The van der Waals surface area contributed by atoms with E-state index in [0.717, 1.165) is 16.7 Å². The molecular formula is C12H17BN4. The minimum absolute atomic E-state index is 0.581. The Morgan fingerprint density at radius 2 is 1.76 bits per heavy atom. The summed E-state index contributed by atoms with van der Waals surface area (Å²) in [5, 5.41) is 6.91. The number of benzene rings is 1. The summed E-state index contributed by atoms with van der Waals surface area (Å²) in [6, 6.07) is 5.58. The van der Waals surface area contributed by atoms with E-state index >= 15 is 0 Å². The number of aromatic nitrogens is 2. The Morgan fingerprint density at radius 1 is 1.06 bits per heavy atom. The van der Waals surface area contributed by atoms with Crippen LogP contribution in [0.2, 0.25) is 0 Å². The van der Waals surface area contributed by atoms with Gasteiger partial charge in [0.2, 0.25) is 5.95 Å². The van der Waals surface area contributed by atoms with Gasteiger partial charge in [0.25, 0.3) is 0 Å². The zero-order chi connectivity index (χ0) is 12.8. The van der Waals surface area contributed by atoms with Crippen molar-refractivity contribution >= 4 is 36.0 Å². The second-order valence-electron chi connectivity index (χ2n) is 3.17. The summed E-state index contributed by atoms with van der Waals surface area (Å²) in [6.07, 6.45) is 0. The number of nitrogens with one attached hydrogen (secondary N) is 2. The Kier molecular flexibility index (Phi) is 4.76. The van der Waals surface area contributed by atoms with Gasteiger partial charge in [-0.2, -0.15) is 4.98 Å². The molecule has 2 rings (SSSR count). The van der Waals surface area contributed by atoms with Crippen LogP contribution in [0.15, 0.2) is 18.2 Å². The lowest BCUT2D eigenvalue weighted by molar-refractivity contribution is 1.19. The summed E-state index contributed by atoms with van der Waals surface area (Å²) in [5.41, 5.74) is 1.53. The van der Waals surface area contributed by atoms with Gasteiger partial charge in [0.05, 0.1) is 5.52 Å². The van der Waals surface area contributed by atoms with Crippen LogP contribution >= 0.6 is 0 Å². The fourth-order valence-corrected chi connectivity index (χ4v) is 1.45. The van der Waals surface area contributed by atoms with Crippen molar-refractivity contribution in [1.82, 2.24) is 9.97 Å². The molecule has 0 saturated heterocycles. The Bertz CT molecular complexity index is 499. The Labute approximate surface area is 103 Å². The first-order chi connectivity index (χ1) is 8.24. The van der Waals surface area contributed by atoms with Crippen LogP contribution in [-0.2, 0) is 0 Å². The number of rotatable bonds is 2. The third kappa shape index (κ3) is 2.87. The van der Waals surface area contributed by atoms with E-state index in [1.54, 1.807) is 7.05 Å². The molecule has 2 radical (unpaired) electrons. The molecule has 0 spiro atoms. The molecule has 4 nitrogen and oxygen atoms in total. The van der Waals surface area contributed by atoms with Gasteiger partial charge in [-0.25, -0.2) is 4.98 Å². The molecule has 88 valence electrons. The van der Waals surface area contributed by atoms with Crippen molar-refractivity contribution in [2.45, 2.75) is 13.8 Å². The van der Waals surface area contributed by atoms with Crippen molar-refractivity contribution in [2.75, 3.05) is 24.7 Å². The normalized spacial score (nSPS) is 9.41. The van der Waals surface area contributed by atoms with E-state index in [4.69, 9.17) is 7.85 Å². The molecule has 0 aliphatic rings. The summed E-state index contributed by atoms with van der Waals surface area (Å²) in [4.78, 5) is 8.61. The minimum atomic E-state index is 0.581. The molecule has 0 bridgehead atoms. The van der Waals surface area contributed by atoms with Crippen molar-refractivity contribution in [2.24, 2.45) is 0 Å². The number of hydrogen-bond donors (Lipinski definition) is 2. The highest BCUT2D eigenvalue weighted by molar-refractivity contribution is 6.33. The maximum absolute atomic E-state index is 5.71. The fraction of sp³-hybridized carbons (Fsp3) is 0.333. The molecule has 0 unspecified atom stereocenters. The van der Waals surface area contributed by atoms with Crippen molar-refractivity contribution in [3.05, 3.63) is 18.2 Å². The molecule has 0 aliphatic heterocycles. The van der Waals surface area contributed by atoms with Crippen LogP contribution in [0.4, 0.5) is 11.8 Å². The quantitative estimate of drug-likeness (QED) is 0.765. The van der Waals surface area contributed by atoms with Gasteiger partial charge in [0.1, 0.15) is 13.7 Å². The Hall–Kier alpha value is -1.78. The van der Waals surface area contributed by atoms with Crippen LogP contribution < -0.4 is 16.1 Å². The first kappa shape index (κ1) is 13.3. The second kappa shape index (κ2) is 6.08. The van der Waals surface area contributed by atoms with Crippen LogP contribution in [0.25, 0.3) is 10.9 Å². The van der Waals surface area contributed by atoms with Gasteiger partial charge in [0.15, 0.2) is 0 Å². The van der Waals surface area contributed by atoms with Crippen molar-refractivity contribution in [1.29, 1.82) is 0 Å². The van der Waals surface area contributed by atoms with E-state index in [0.29, 0.717) is 11.4 Å². The van der Waals surface area contributed by atoms with E-state index in [2.05, 4.69) is 20.6 Å². The molecule has 0 saturated carbocycles. The molecule has 0 atom stereocenters. The number of nitrogens with zero attached hydrogens (tertiary/aromatic N) is 2. The van der Waals surface area contributed by atoms with Crippen LogP contribution in [0.1, 0.15) is 13.8 Å². The highest BCUT2D eigenvalue weighted by Crippen LogP contribution is 2.19. The lowest BCUT2D eigenvalue weighted by Crippen LogP contribution is -2.05. The molecule has 17 heavy (non-hydrogen) atoms. The predicted octanol–water partition coefficient (Wildman–Crippen LogP) is 1.53. The van der Waals surface area contributed by atoms with Crippen LogP contribution in [0, 0.1) is 0 Å². The third-order valence-corrected chi connectivity index (χ3v) is 2.18. The standard InChI is InChI=1S/C10H11BN4.C2H6/c1-12-9-7-4-3-6(11)5-8(7)14-10(13-2)15-9;1-2/h3-5H,1-2H3,(H2,12,13,14,15);1-2H3. The first-order valence-electron chi connectivity index (χ1n) is 5.67. The maximum atomic E-state index is 5.71. The van der Waals surface area contributed by atoms with Gasteiger partial charge in [-0.1, -0.05) is 25.4 Å². The van der Waals surface area contributed by atoms with E-state index in [1.165, 1.54) is 0 Å². The Morgan fingerprint density at radius 3 is 2.35 bits per heavy atom. The summed E-state index contributed by atoms with van der Waals surface area (Å²) in [6.45, 7) is 4.00. The monoisotopic (exact) mass is 228 g/mol. The van der Waals surface area contributed by atoms with Gasteiger partial charge in [-0.05, 0) is 12.1 Å². The van der Waals surface area contributed by atoms with E-state index in [-0.39, 0.29) is 0 Å². The van der Waals surface area contributed by atoms with Gasteiger partial charge < -0.3 is 10.6 Å². The Balaban J connectivity index is 0.000000686. The zero-order valence-corrected chi connectivity index (χ0v) is 10.7. The van der Waals surface area contributed by atoms with Gasteiger partial charge >= 0.3 is 0 Å². The number of hydrogen-bond acceptors (Lipinski definition) is 4. The lowest BCUT2D eigenvalue weighted by atomic mass is 9.95. The predicted molar refractivity (Wildman–Crippen MR) is 75.4 cm³/mol. The van der Waals surface area contributed by atoms with Gasteiger partial charge in [-0.3, -0.25) is 0 Å². The zero-order valence-electron chi connectivity index (χ0n) is 10.7. The second-order valence-corrected chi connectivity index (χ2v) is 3.17. The topological polar surface area (TPSA) is 49.8 Å². The molecule has 1 heterocycles. The maximum Gasteiger partial charge on any atom is 0.224 e. The van der Waals surface area contributed by atoms with Crippen molar-refractivity contribution in [3.63, 3.8) is 0 Å². The van der Waals surface area contributed by atoms with Crippen molar-refractivity contribution in [3.8, 4) is 0 Å². The van der Waals surface area contributed by atoms with E-state index < -0.39 is 0 Å². The van der Waals surface area contributed by atoms with Crippen LogP contribution in [-0.4, -0.2) is 31.9 Å². The molecule has 0 amide bonds. The smallest absolute Gasteiger partial charge is 0.224 e. The highest BCUT2D eigenvalue weighted by atomic mass is 15.1. The van der Waals surface area contributed by atoms with Crippen LogP contribution in [0.3, 0.4) is 0 Å². The molecular weight excluding hydrogens is 211 g/mol. The average molecular weight is 228 g/mol. The third-order valence-electron chi connectivity index (χ3n) is 2.18. The summed E-state index contributed by atoms with van der Waals surface area (Å²) >= 11 is 0. The average Bonchev–Trinajstić information content (AvgIpc) is 2.39. The fourth-order valence-electron chi connectivity index (χ4n) is 1.45. The molecule has 2 aromatic rings. The van der Waals surface area contributed by atoms with E-state index in [1.807, 2.05) is 39.1 Å². The molecule has 1 aromatic heterocycles. The molecule has 2 N–H and O–H groups in total. The number of fused-ring (bicyclic) bond motifs is 1. The van der Waals surface area contributed by atoms with E-state index in [9.17, 15) is 0 Å². The highest BCUT2D eigenvalue weighted by Gasteiger charge is 2.04. The van der Waals surface area contributed by atoms with Crippen molar-refractivity contribution < 1.29 is 0 Å². The molecule has 1 aromatic carbocycles. The molecule has 0 fully saturated rings. The largest absolute Gasteiger partial charge is 0.372 e. The number of anilines is 2. The van der Waals surface area contributed by atoms with Gasteiger partial charge in [-0.15, -0.1) is 0 Å².